The van der Waals surface area contributed by atoms with Gasteiger partial charge in [-0.2, -0.15) is 4.72 Å². The Labute approximate surface area is 306 Å². The van der Waals surface area contributed by atoms with Crippen LogP contribution in [0.4, 0.5) is 10.5 Å². The van der Waals surface area contributed by atoms with E-state index in [2.05, 4.69) is 21.8 Å². The van der Waals surface area contributed by atoms with E-state index in [1.165, 1.54) is 11.1 Å². The first-order chi connectivity index (χ1) is 24.3. The normalized spacial score (nSPS) is 32.4. The Kier molecular flexibility index (Phi) is 10.1. The Morgan fingerprint density at radius 2 is 1.98 bits per heavy atom. The molecule has 11 nitrogen and oxygen atoms in total. The van der Waals surface area contributed by atoms with Crippen molar-refractivity contribution in [3.63, 3.8) is 0 Å². The van der Waals surface area contributed by atoms with Gasteiger partial charge in [-0.3, -0.25) is 4.90 Å². The van der Waals surface area contributed by atoms with Crippen LogP contribution < -0.4 is 14.4 Å². The highest BCUT2D eigenvalue weighted by Crippen LogP contribution is 2.47. The minimum absolute atomic E-state index is 0.0192. The lowest BCUT2D eigenvalue weighted by Crippen LogP contribution is -2.57. The van der Waals surface area contributed by atoms with Gasteiger partial charge in [-0.15, -0.1) is 0 Å². The van der Waals surface area contributed by atoms with Gasteiger partial charge >= 0.3 is 6.09 Å². The molecule has 2 N–H and O–H groups in total. The van der Waals surface area contributed by atoms with Gasteiger partial charge in [0.05, 0.1) is 35.4 Å². The van der Waals surface area contributed by atoms with Crippen LogP contribution in [0.5, 0.6) is 5.75 Å². The summed E-state index contributed by atoms with van der Waals surface area (Å²) in [5.41, 5.74) is 1.83. The molecule has 2 aliphatic carbocycles. The van der Waals surface area contributed by atoms with Crippen molar-refractivity contribution in [2.75, 3.05) is 58.5 Å². The number of nitrogens with one attached hydrogen (secondary N) is 1. The average molecular weight is 743 g/mol. The number of fused-ring (bicyclic) bond motifs is 4. The molecule has 2 aromatic rings. The van der Waals surface area contributed by atoms with Crippen molar-refractivity contribution in [3.05, 3.63) is 64.7 Å². The molecule has 1 amide bonds. The summed E-state index contributed by atoms with van der Waals surface area (Å²) in [4.78, 5) is 19.4. The highest BCUT2D eigenvalue weighted by Gasteiger charge is 2.46. The lowest BCUT2D eigenvalue weighted by molar-refractivity contribution is 0.000971. The van der Waals surface area contributed by atoms with E-state index in [0.717, 1.165) is 38.5 Å². The molecule has 51 heavy (non-hydrogen) atoms. The molecule has 2 aromatic carbocycles. The monoisotopic (exact) mass is 742 g/mol. The van der Waals surface area contributed by atoms with E-state index in [1.807, 2.05) is 30.2 Å². The molecule has 3 aliphatic heterocycles. The maximum absolute atomic E-state index is 13.9. The fourth-order valence-electron chi connectivity index (χ4n) is 8.40. The topological polar surface area (TPSA) is 121 Å². The van der Waals surface area contributed by atoms with Gasteiger partial charge in [-0.05, 0) is 113 Å². The zero-order valence-corrected chi connectivity index (χ0v) is 31.6. The number of anilines is 1. The molecule has 1 spiro atoms. The van der Waals surface area contributed by atoms with Crippen molar-refractivity contribution in [1.29, 1.82) is 0 Å². The number of amides is 1. The second-order valence-corrected chi connectivity index (χ2v) is 17.8. The van der Waals surface area contributed by atoms with Gasteiger partial charge in [0.15, 0.2) is 0 Å². The van der Waals surface area contributed by atoms with E-state index >= 15 is 0 Å². The number of nitrogens with zero attached hydrogens (tertiary/aromatic N) is 3. The molecule has 2 fully saturated rings. The van der Waals surface area contributed by atoms with Crippen LogP contribution in [-0.2, 0) is 31.3 Å². The molecule has 0 radical (unpaired) electrons. The van der Waals surface area contributed by atoms with Crippen molar-refractivity contribution in [1.82, 2.24) is 14.5 Å². The molecule has 2 bridgehead atoms. The Morgan fingerprint density at radius 3 is 2.73 bits per heavy atom. The zero-order chi connectivity index (χ0) is 36.1. The van der Waals surface area contributed by atoms with Crippen LogP contribution in [0.3, 0.4) is 0 Å². The second kappa shape index (κ2) is 14.2. The van der Waals surface area contributed by atoms with Gasteiger partial charge < -0.3 is 29.1 Å². The molecule has 3 heterocycles. The van der Waals surface area contributed by atoms with Crippen molar-refractivity contribution >= 4 is 33.4 Å². The third-order valence-corrected chi connectivity index (χ3v) is 13.9. The molecular formula is C38H51ClN4O7S. The average Bonchev–Trinajstić information content (AvgIpc) is 3.57. The van der Waals surface area contributed by atoms with Crippen LogP contribution in [0.1, 0.15) is 57.1 Å². The van der Waals surface area contributed by atoms with Crippen molar-refractivity contribution in [2.45, 2.75) is 86.6 Å². The van der Waals surface area contributed by atoms with Crippen LogP contribution in [-0.4, -0.2) is 107 Å². The summed E-state index contributed by atoms with van der Waals surface area (Å²) in [6, 6.07) is 11.1. The highest BCUT2D eigenvalue weighted by molar-refractivity contribution is 7.89. The summed E-state index contributed by atoms with van der Waals surface area (Å²) in [7, 11) is -0.507. The molecule has 1 unspecified atom stereocenters. The Morgan fingerprint density at radius 1 is 1.16 bits per heavy atom. The number of carbonyl (C=O) groups excluding carboxylic acids is 1. The quantitative estimate of drug-likeness (QED) is 0.413. The molecular weight excluding hydrogens is 692 g/mol. The lowest BCUT2D eigenvalue weighted by atomic mass is 9.68. The number of likely N-dealkylation sites (N-methyl/N-ethyl adjacent to an activating group) is 2. The number of aliphatic hydroxyl groups excluding tert-OH is 1. The fourth-order valence-corrected chi connectivity index (χ4v) is 9.83. The van der Waals surface area contributed by atoms with Crippen molar-refractivity contribution < 1.29 is 32.5 Å². The minimum Gasteiger partial charge on any atom is -0.490 e. The van der Waals surface area contributed by atoms with Gasteiger partial charge in [-0.1, -0.05) is 23.7 Å². The first-order valence-corrected chi connectivity index (χ1v) is 20.0. The van der Waals surface area contributed by atoms with Crippen molar-refractivity contribution in [2.24, 2.45) is 11.8 Å². The maximum Gasteiger partial charge on any atom is 0.410 e. The Balaban J connectivity index is 1.28. The van der Waals surface area contributed by atoms with Crippen LogP contribution in [0.2, 0.25) is 5.02 Å². The number of ether oxygens (including phenoxy) is 3. The van der Waals surface area contributed by atoms with Gasteiger partial charge in [0.1, 0.15) is 18.1 Å². The minimum atomic E-state index is -4.11. The van der Waals surface area contributed by atoms with E-state index in [0.29, 0.717) is 55.9 Å². The van der Waals surface area contributed by atoms with Gasteiger partial charge in [0, 0.05) is 49.6 Å². The number of hydrogen-bond acceptors (Lipinski definition) is 9. The number of aliphatic hydroxyl groups is 1. The van der Waals surface area contributed by atoms with Gasteiger partial charge in [0.25, 0.3) is 0 Å². The third kappa shape index (κ3) is 7.12. The number of rotatable bonds is 2. The number of halogens is 1. The smallest absolute Gasteiger partial charge is 0.410 e. The summed E-state index contributed by atoms with van der Waals surface area (Å²) >= 11 is 6.46. The van der Waals surface area contributed by atoms with E-state index in [-0.39, 0.29) is 34.3 Å². The summed E-state index contributed by atoms with van der Waals surface area (Å²) in [5, 5.41) is 12.0. The summed E-state index contributed by atoms with van der Waals surface area (Å²) < 4.78 is 48.7. The number of sulfonamides is 1. The predicted molar refractivity (Wildman–Crippen MR) is 196 cm³/mol. The maximum atomic E-state index is 13.9. The van der Waals surface area contributed by atoms with Crippen LogP contribution in [0.15, 0.2) is 53.4 Å². The molecule has 5 aliphatic rings. The van der Waals surface area contributed by atoms with Gasteiger partial charge in [0.2, 0.25) is 10.0 Å². The van der Waals surface area contributed by atoms with Gasteiger partial charge in [-0.25, -0.2) is 13.2 Å². The van der Waals surface area contributed by atoms with Crippen LogP contribution in [0, 0.1) is 11.8 Å². The number of aryl methyl sites for hydroxylation is 1. The first-order valence-electron chi connectivity index (χ1n) is 18.2. The van der Waals surface area contributed by atoms with E-state index < -0.39 is 27.9 Å². The predicted octanol–water partition coefficient (Wildman–Crippen LogP) is 4.94. The molecule has 13 heteroatoms. The summed E-state index contributed by atoms with van der Waals surface area (Å²) in [6.45, 7) is 6.81. The Bertz CT molecular complexity index is 1770. The highest BCUT2D eigenvalue weighted by atomic mass is 35.5. The SMILES string of the molecule is CN(C(=O)O[C@H]1/C=C/CN(C)C(C)(C)C(O)NS(=O)(=O)c2ccc3c(c2)N(C[C@@H]2CC[C@H]21)C[C@@]1(CCCc2cc(Cl)ccc21)CO3)[C@@H]1CCOC1. The largest absolute Gasteiger partial charge is 0.490 e. The summed E-state index contributed by atoms with van der Waals surface area (Å²) in [6.07, 6.45) is 7.15. The first kappa shape index (κ1) is 36.5. The third-order valence-electron chi connectivity index (χ3n) is 12.3. The van der Waals surface area contributed by atoms with E-state index in [4.69, 9.17) is 25.8 Å². The summed E-state index contributed by atoms with van der Waals surface area (Å²) in [5.74, 6) is 0.851. The molecule has 1 saturated heterocycles. The number of carbonyl (C=O) groups is 1. The number of hydrogen-bond donors (Lipinski definition) is 2. The van der Waals surface area contributed by atoms with Crippen LogP contribution in [0.25, 0.3) is 0 Å². The molecule has 7 rings (SSSR count). The lowest BCUT2D eigenvalue weighted by Gasteiger charge is -2.46. The Hall–Kier alpha value is -2.87. The van der Waals surface area contributed by atoms with E-state index in [1.54, 1.807) is 44.0 Å². The fraction of sp³-hybridized carbons (Fsp3) is 0.605. The van der Waals surface area contributed by atoms with Crippen molar-refractivity contribution in [3.8, 4) is 5.75 Å². The molecule has 0 aromatic heterocycles. The molecule has 6 atom stereocenters. The molecule has 278 valence electrons. The van der Waals surface area contributed by atoms with E-state index in [9.17, 15) is 18.3 Å². The second-order valence-electron chi connectivity index (χ2n) is 15.7. The van der Waals surface area contributed by atoms with Crippen LogP contribution >= 0.6 is 11.6 Å². The zero-order valence-electron chi connectivity index (χ0n) is 30.0. The number of benzene rings is 2. The standard InChI is InChI=1S/C38H51ClN4O7S/c1-37(2)35(44)40-51(46,47)29-11-14-34-32(20-29)43(23-38(24-49-34)16-5-7-25-19-27(39)10-13-31(25)38)21-26-9-12-30(26)33(8-6-17-41(37)3)50-36(45)42(4)28-15-18-48-22-28/h6,8,10-11,13-14,19-20,26,28,30,33,35,40,44H,5,7,9,12,15-18,21-24H2,1-4H3/b8-6+/t26-,28+,30+,33-,35?,38-/m0/s1. The molecule has 1 saturated carbocycles.